The van der Waals surface area contributed by atoms with Crippen LogP contribution in [-0.4, -0.2) is 30.5 Å². The van der Waals surface area contributed by atoms with Crippen molar-refractivity contribution in [2.75, 3.05) is 19.8 Å². The van der Waals surface area contributed by atoms with E-state index in [9.17, 15) is 5.11 Å². The van der Waals surface area contributed by atoms with Gasteiger partial charge >= 0.3 is 0 Å². The lowest BCUT2D eigenvalue weighted by molar-refractivity contribution is 0.0260. The number of nitrogens with one attached hydrogen (secondary N) is 1. The fourth-order valence-electron chi connectivity index (χ4n) is 2.35. The van der Waals surface area contributed by atoms with E-state index < -0.39 is 0 Å². The lowest BCUT2D eigenvalue weighted by Crippen LogP contribution is -2.49. The zero-order chi connectivity index (χ0) is 12.1. The summed E-state index contributed by atoms with van der Waals surface area (Å²) in [6.07, 6.45) is 2.68. The van der Waals surface area contributed by atoms with Crippen molar-refractivity contribution in [3.8, 4) is 0 Å². The van der Waals surface area contributed by atoms with Gasteiger partial charge in [0.05, 0.1) is 6.54 Å². The van der Waals surface area contributed by atoms with Gasteiger partial charge in [0.15, 0.2) is 0 Å². The van der Waals surface area contributed by atoms with E-state index in [1.54, 1.807) is 0 Å². The molecule has 1 aliphatic rings. The summed E-state index contributed by atoms with van der Waals surface area (Å²) in [5.74, 6) is 1.89. The number of aliphatic hydroxyl groups excluding tert-OH is 1. The highest BCUT2D eigenvalue weighted by Crippen LogP contribution is 2.25. The Morgan fingerprint density at radius 2 is 2.12 bits per heavy atom. The standard InChI is InChI=1S/C13H21NO3/c1-11-2-3-12(17-11)10-14-13(4-7-15)5-8-16-9-6-13/h2-3,14-15H,4-10H2,1H3. The number of aryl methyl sites for hydroxylation is 1. The minimum absolute atomic E-state index is 0.00763. The quantitative estimate of drug-likeness (QED) is 0.819. The average Bonchev–Trinajstić information content (AvgIpc) is 2.75. The van der Waals surface area contributed by atoms with E-state index >= 15 is 0 Å². The summed E-state index contributed by atoms with van der Waals surface area (Å²) < 4.78 is 10.9. The Hall–Kier alpha value is -0.840. The van der Waals surface area contributed by atoms with Crippen LogP contribution in [0.2, 0.25) is 0 Å². The highest BCUT2D eigenvalue weighted by Gasteiger charge is 2.31. The van der Waals surface area contributed by atoms with Crippen molar-refractivity contribution < 1.29 is 14.3 Å². The Balaban J connectivity index is 1.93. The molecule has 2 rings (SSSR count). The average molecular weight is 239 g/mol. The van der Waals surface area contributed by atoms with Gasteiger partial charge in [-0.05, 0) is 38.3 Å². The smallest absolute Gasteiger partial charge is 0.117 e. The Kier molecular flexibility index (Phi) is 4.20. The molecule has 0 saturated carbocycles. The molecule has 0 spiro atoms. The first-order chi connectivity index (χ1) is 8.24. The first kappa shape index (κ1) is 12.6. The van der Waals surface area contributed by atoms with Gasteiger partial charge in [0, 0.05) is 25.4 Å². The Morgan fingerprint density at radius 1 is 1.35 bits per heavy atom. The summed E-state index contributed by atoms with van der Waals surface area (Å²) in [5, 5.41) is 12.7. The molecule has 1 aromatic rings. The second kappa shape index (κ2) is 5.67. The second-order valence-corrected chi connectivity index (χ2v) is 4.73. The van der Waals surface area contributed by atoms with Crippen LogP contribution >= 0.6 is 0 Å². The summed E-state index contributed by atoms with van der Waals surface area (Å²) >= 11 is 0. The van der Waals surface area contributed by atoms with Crippen LogP contribution in [0.15, 0.2) is 16.5 Å². The fourth-order valence-corrected chi connectivity index (χ4v) is 2.35. The van der Waals surface area contributed by atoms with Gasteiger partial charge in [0.25, 0.3) is 0 Å². The predicted octanol–water partition coefficient (Wildman–Crippen LogP) is 1.61. The Morgan fingerprint density at radius 3 is 2.71 bits per heavy atom. The van der Waals surface area contributed by atoms with E-state index in [0.717, 1.165) is 44.0 Å². The molecule has 96 valence electrons. The largest absolute Gasteiger partial charge is 0.465 e. The van der Waals surface area contributed by atoms with Crippen LogP contribution in [0.25, 0.3) is 0 Å². The molecule has 0 aliphatic carbocycles. The molecule has 1 saturated heterocycles. The number of hydrogen-bond donors (Lipinski definition) is 2. The molecule has 1 aliphatic heterocycles. The van der Waals surface area contributed by atoms with Gasteiger partial charge in [0.1, 0.15) is 11.5 Å². The lowest BCUT2D eigenvalue weighted by atomic mass is 9.87. The third-order valence-electron chi connectivity index (χ3n) is 3.47. The summed E-state index contributed by atoms with van der Waals surface area (Å²) in [7, 11) is 0. The van der Waals surface area contributed by atoms with Gasteiger partial charge in [-0.15, -0.1) is 0 Å². The molecule has 0 unspecified atom stereocenters. The van der Waals surface area contributed by atoms with E-state index in [1.807, 2.05) is 19.1 Å². The van der Waals surface area contributed by atoms with Crippen molar-refractivity contribution in [1.82, 2.24) is 5.32 Å². The van der Waals surface area contributed by atoms with Crippen LogP contribution in [-0.2, 0) is 11.3 Å². The van der Waals surface area contributed by atoms with Crippen molar-refractivity contribution in [2.45, 2.75) is 38.3 Å². The van der Waals surface area contributed by atoms with Crippen LogP contribution in [0.1, 0.15) is 30.8 Å². The molecule has 0 aromatic carbocycles. The predicted molar refractivity (Wildman–Crippen MR) is 64.8 cm³/mol. The van der Waals surface area contributed by atoms with Crippen LogP contribution in [0, 0.1) is 6.92 Å². The summed E-state index contributed by atoms with van der Waals surface area (Å²) in [4.78, 5) is 0. The molecular formula is C13H21NO3. The molecule has 0 bridgehead atoms. The zero-order valence-corrected chi connectivity index (χ0v) is 10.4. The van der Waals surface area contributed by atoms with E-state index in [1.165, 1.54) is 0 Å². The highest BCUT2D eigenvalue weighted by molar-refractivity contribution is 5.06. The molecular weight excluding hydrogens is 218 g/mol. The van der Waals surface area contributed by atoms with Crippen molar-refractivity contribution in [3.63, 3.8) is 0 Å². The topological polar surface area (TPSA) is 54.6 Å². The second-order valence-electron chi connectivity index (χ2n) is 4.73. The van der Waals surface area contributed by atoms with Crippen LogP contribution in [0.4, 0.5) is 0 Å². The van der Waals surface area contributed by atoms with Gasteiger partial charge in [-0.3, -0.25) is 0 Å². The monoisotopic (exact) mass is 239 g/mol. The van der Waals surface area contributed by atoms with Gasteiger partial charge in [-0.25, -0.2) is 0 Å². The molecule has 4 heteroatoms. The number of aliphatic hydroxyl groups is 1. The molecule has 17 heavy (non-hydrogen) atoms. The van der Waals surface area contributed by atoms with Crippen LogP contribution in [0.5, 0.6) is 0 Å². The molecule has 0 atom stereocenters. The number of hydrogen-bond acceptors (Lipinski definition) is 4. The first-order valence-electron chi connectivity index (χ1n) is 6.23. The van der Waals surface area contributed by atoms with Crippen LogP contribution in [0.3, 0.4) is 0 Å². The maximum Gasteiger partial charge on any atom is 0.117 e. The summed E-state index contributed by atoms with van der Waals surface area (Å²) in [6.45, 7) is 4.41. The van der Waals surface area contributed by atoms with Gasteiger partial charge in [0.2, 0.25) is 0 Å². The number of rotatable bonds is 5. The summed E-state index contributed by atoms with van der Waals surface area (Å²) in [6, 6.07) is 3.97. The minimum atomic E-state index is 0.00763. The van der Waals surface area contributed by atoms with E-state index in [2.05, 4.69) is 5.32 Å². The zero-order valence-electron chi connectivity index (χ0n) is 10.4. The number of furan rings is 1. The van der Waals surface area contributed by atoms with Crippen molar-refractivity contribution in [2.24, 2.45) is 0 Å². The fraction of sp³-hybridized carbons (Fsp3) is 0.692. The Bertz CT molecular complexity index is 337. The van der Waals surface area contributed by atoms with Gasteiger partial charge in [-0.2, -0.15) is 0 Å². The SMILES string of the molecule is Cc1ccc(CNC2(CCO)CCOCC2)o1. The molecule has 2 heterocycles. The van der Waals surface area contributed by atoms with Crippen molar-refractivity contribution in [1.29, 1.82) is 0 Å². The maximum absolute atomic E-state index is 9.18. The van der Waals surface area contributed by atoms with E-state index in [-0.39, 0.29) is 12.1 Å². The molecule has 1 aromatic heterocycles. The third kappa shape index (κ3) is 3.31. The molecule has 1 fully saturated rings. The van der Waals surface area contributed by atoms with Crippen molar-refractivity contribution >= 4 is 0 Å². The summed E-state index contributed by atoms with van der Waals surface area (Å²) in [5.41, 5.74) is 0.00763. The maximum atomic E-state index is 9.18. The van der Waals surface area contributed by atoms with E-state index in [4.69, 9.17) is 9.15 Å². The van der Waals surface area contributed by atoms with E-state index in [0.29, 0.717) is 6.54 Å². The third-order valence-corrected chi connectivity index (χ3v) is 3.47. The minimum Gasteiger partial charge on any atom is -0.465 e. The normalized spacial score (nSPS) is 19.4. The van der Waals surface area contributed by atoms with Crippen LogP contribution < -0.4 is 5.32 Å². The Labute approximate surface area is 102 Å². The molecule has 0 radical (unpaired) electrons. The molecule has 2 N–H and O–H groups in total. The lowest BCUT2D eigenvalue weighted by Gasteiger charge is -2.37. The van der Waals surface area contributed by atoms with Crippen molar-refractivity contribution in [3.05, 3.63) is 23.7 Å². The molecule has 4 nitrogen and oxygen atoms in total. The van der Waals surface area contributed by atoms with Gasteiger partial charge < -0.3 is 19.6 Å². The highest BCUT2D eigenvalue weighted by atomic mass is 16.5. The number of ether oxygens (including phenoxy) is 1. The molecule has 0 amide bonds. The van der Waals surface area contributed by atoms with Gasteiger partial charge in [-0.1, -0.05) is 0 Å². The first-order valence-corrected chi connectivity index (χ1v) is 6.23.